The molecule has 1 unspecified atom stereocenters. The smallest absolute Gasteiger partial charge is 0.191 e. The maximum atomic E-state index is 13.8. The predicted octanol–water partition coefficient (Wildman–Crippen LogP) is 2.27. The number of hydrogen-bond acceptors (Lipinski definition) is 5. The van der Waals surface area contributed by atoms with E-state index in [2.05, 4.69) is 15.6 Å². The third-order valence-electron chi connectivity index (χ3n) is 4.35. The van der Waals surface area contributed by atoms with E-state index in [4.69, 9.17) is 4.42 Å². The number of guanidine groups is 1. The van der Waals surface area contributed by atoms with E-state index in [0.29, 0.717) is 29.6 Å². The summed E-state index contributed by atoms with van der Waals surface area (Å²) in [5.41, 5.74) is -0.597. The molecule has 160 valence electrons. The molecular formula is C20H28FN3O4S. The highest BCUT2D eigenvalue weighted by Gasteiger charge is 2.27. The zero-order valence-corrected chi connectivity index (χ0v) is 17.9. The van der Waals surface area contributed by atoms with Crippen molar-refractivity contribution in [3.05, 3.63) is 53.2 Å². The van der Waals surface area contributed by atoms with Crippen LogP contribution >= 0.6 is 0 Å². The van der Waals surface area contributed by atoms with Gasteiger partial charge in [-0.2, -0.15) is 0 Å². The fourth-order valence-corrected chi connectivity index (χ4v) is 4.18. The van der Waals surface area contributed by atoms with Crippen LogP contribution in [-0.4, -0.2) is 44.9 Å². The van der Waals surface area contributed by atoms with Crippen LogP contribution < -0.4 is 10.6 Å². The SMILES string of the molecule is CCNC(=NCC(C)(O)c1cc(C)oc1C)NCCS(=O)(=O)c1ccccc1F. The van der Waals surface area contributed by atoms with Gasteiger partial charge in [-0.1, -0.05) is 12.1 Å². The number of hydrogen-bond donors (Lipinski definition) is 3. The van der Waals surface area contributed by atoms with Gasteiger partial charge in [-0.25, -0.2) is 17.8 Å². The van der Waals surface area contributed by atoms with Crippen LogP contribution in [0.25, 0.3) is 0 Å². The van der Waals surface area contributed by atoms with Gasteiger partial charge < -0.3 is 20.2 Å². The van der Waals surface area contributed by atoms with Gasteiger partial charge in [0.05, 0.1) is 12.3 Å². The second kappa shape index (κ2) is 9.41. The first-order chi connectivity index (χ1) is 13.6. The molecule has 0 saturated heterocycles. The summed E-state index contributed by atoms with van der Waals surface area (Å²) >= 11 is 0. The normalized spacial score (nSPS) is 14.5. The molecule has 0 aliphatic carbocycles. The minimum Gasteiger partial charge on any atom is -0.466 e. The second-order valence-electron chi connectivity index (χ2n) is 6.97. The molecule has 1 atom stereocenters. The van der Waals surface area contributed by atoms with Crippen molar-refractivity contribution >= 4 is 15.8 Å². The topological polar surface area (TPSA) is 104 Å². The van der Waals surface area contributed by atoms with Gasteiger partial charge in [-0.3, -0.25) is 0 Å². The summed E-state index contributed by atoms with van der Waals surface area (Å²) in [6, 6.07) is 7.06. The first kappa shape index (κ1) is 22.9. The van der Waals surface area contributed by atoms with Crippen LogP contribution in [0.5, 0.6) is 0 Å². The number of sulfone groups is 1. The zero-order chi connectivity index (χ0) is 21.7. The number of aliphatic imine (C=N–C) groups is 1. The maximum Gasteiger partial charge on any atom is 0.191 e. The average Bonchev–Trinajstić information content (AvgIpc) is 2.99. The van der Waals surface area contributed by atoms with Gasteiger partial charge in [-0.15, -0.1) is 0 Å². The van der Waals surface area contributed by atoms with E-state index in [1.54, 1.807) is 26.8 Å². The van der Waals surface area contributed by atoms with Gasteiger partial charge in [0.1, 0.15) is 27.8 Å². The van der Waals surface area contributed by atoms with Crippen molar-refractivity contribution < 1.29 is 22.3 Å². The molecule has 0 saturated carbocycles. The Hall–Kier alpha value is -2.39. The monoisotopic (exact) mass is 425 g/mol. The fraction of sp³-hybridized carbons (Fsp3) is 0.450. The van der Waals surface area contributed by atoms with Crippen molar-refractivity contribution in [2.45, 2.75) is 38.2 Å². The number of furan rings is 1. The third kappa shape index (κ3) is 6.04. The number of halogens is 1. The van der Waals surface area contributed by atoms with E-state index in [9.17, 15) is 17.9 Å². The van der Waals surface area contributed by atoms with Gasteiger partial charge in [0.15, 0.2) is 15.8 Å². The molecule has 0 bridgehead atoms. The molecule has 0 fully saturated rings. The number of nitrogens with zero attached hydrogens (tertiary/aromatic N) is 1. The molecule has 3 N–H and O–H groups in total. The second-order valence-corrected chi connectivity index (χ2v) is 9.05. The Labute approximate surface area is 171 Å². The summed E-state index contributed by atoms with van der Waals surface area (Å²) in [4.78, 5) is 4.03. The molecule has 29 heavy (non-hydrogen) atoms. The lowest BCUT2D eigenvalue weighted by Gasteiger charge is -2.21. The van der Waals surface area contributed by atoms with E-state index in [0.717, 1.165) is 6.07 Å². The maximum absolute atomic E-state index is 13.8. The molecular weight excluding hydrogens is 397 g/mol. The Morgan fingerprint density at radius 1 is 1.28 bits per heavy atom. The van der Waals surface area contributed by atoms with E-state index < -0.39 is 21.3 Å². The van der Waals surface area contributed by atoms with Crippen LogP contribution in [0.2, 0.25) is 0 Å². The Balaban J connectivity index is 2.04. The number of aliphatic hydroxyl groups is 1. The van der Waals surface area contributed by atoms with Crippen molar-refractivity contribution in [2.75, 3.05) is 25.4 Å². The van der Waals surface area contributed by atoms with E-state index in [1.807, 2.05) is 6.92 Å². The lowest BCUT2D eigenvalue weighted by Crippen LogP contribution is -2.40. The lowest BCUT2D eigenvalue weighted by atomic mass is 9.96. The summed E-state index contributed by atoms with van der Waals surface area (Å²) in [5.74, 6) is 0.612. The van der Waals surface area contributed by atoms with E-state index in [1.165, 1.54) is 18.2 Å². The van der Waals surface area contributed by atoms with Crippen LogP contribution in [-0.2, 0) is 15.4 Å². The molecule has 7 nitrogen and oxygen atoms in total. The van der Waals surface area contributed by atoms with Crippen molar-refractivity contribution in [1.82, 2.24) is 10.6 Å². The van der Waals surface area contributed by atoms with Crippen LogP contribution in [0, 0.1) is 19.7 Å². The number of aryl methyl sites for hydroxylation is 2. The van der Waals surface area contributed by atoms with Crippen molar-refractivity contribution in [2.24, 2.45) is 4.99 Å². The van der Waals surface area contributed by atoms with Gasteiger partial charge in [0, 0.05) is 18.7 Å². The Kier molecular flexibility index (Phi) is 7.43. The molecule has 0 radical (unpaired) electrons. The molecule has 1 heterocycles. The number of nitrogens with one attached hydrogen (secondary N) is 2. The Morgan fingerprint density at radius 2 is 1.97 bits per heavy atom. The Bertz CT molecular complexity index is 968. The van der Waals surface area contributed by atoms with Gasteiger partial charge in [0.25, 0.3) is 0 Å². The molecule has 0 spiro atoms. The van der Waals surface area contributed by atoms with Crippen molar-refractivity contribution in [3.8, 4) is 0 Å². The standard InChI is InChI=1S/C20H28FN3O4S/c1-5-22-19(24-13-20(4,25)16-12-14(2)28-15(16)3)23-10-11-29(26,27)18-9-7-6-8-17(18)21/h6-9,12,25H,5,10-11,13H2,1-4H3,(H2,22,23,24). The molecule has 9 heteroatoms. The third-order valence-corrected chi connectivity index (χ3v) is 6.09. The summed E-state index contributed by atoms with van der Waals surface area (Å²) in [6.45, 7) is 7.72. The quantitative estimate of drug-likeness (QED) is 0.443. The molecule has 2 aromatic rings. The fourth-order valence-electron chi connectivity index (χ4n) is 2.94. The molecule has 1 aromatic carbocycles. The molecule has 0 aliphatic rings. The highest BCUT2D eigenvalue weighted by Crippen LogP contribution is 2.27. The minimum atomic E-state index is -3.77. The summed E-state index contributed by atoms with van der Waals surface area (Å²) < 4.78 is 43.9. The summed E-state index contributed by atoms with van der Waals surface area (Å²) in [7, 11) is -3.77. The molecule has 1 aromatic heterocycles. The highest BCUT2D eigenvalue weighted by molar-refractivity contribution is 7.91. The summed E-state index contributed by atoms with van der Waals surface area (Å²) in [6.07, 6.45) is 0. The summed E-state index contributed by atoms with van der Waals surface area (Å²) in [5, 5.41) is 16.7. The van der Waals surface area contributed by atoms with Crippen LogP contribution in [0.3, 0.4) is 0 Å². The first-order valence-electron chi connectivity index (χ1n) is 9.36. The first-order valence-corrected chi connectivity index (χ1v) is 11.0. The van der Waals surface area contributed by atoms with Gasteiger partial charge >= 0.3 is 0 Å². The zero-order valence-electron chi connectivity index (χ0n) is 17.1. The predicted molar refractivity (Wildman–Crippen MR) is 110 cm³/mol. The minimum absolute atomic E-state index is 0.0362. The number of benzene rings is 1. The van der Waals surface area contributed by atoms with Crippen molar-refractivity contribution in [1.29, 1.82) is 0 Å². The average molecular weight is 426 g/mol. The van der Waals surface area contributed by atoms with Crippen LogP contribution in [0.1, 0.15) is 30.9 Å². The largest absolute Gasteiger partial charge is 0.466 e. The van der Waals surface area contributed by atoms with Crippen LogP contribution in [0.15, 0.2) is 44.6 Å². The van der Waals surface area contributed by atoms with E-state index >= 15 is 0 Å². The molecule has 0 aliphatic heterocycles. The molecule has 0 amide bonds. The van der Waals surface area contributed by atoms with Gasteiger partial charge in [0.2, 0.25) is 0 Å². The Morgan fingerprint density at radius 3 is 2.55 bits per heavy atom. The lowest BCUT2D eigenvalue weighted by molar-refractivity contribution is 0.0657. The van der Waals surface area contributed by atoms with Gasteiger partial charge in [-0.05, 0) is 45.9 Å². The van der Waals surface area contributed by atoms with E-state index in [-0.39, 0.29) is 23.7 Å². The van der Waals surface area contributed by atoms with Crippen LogP contribution in [0.4, 0.5) is 4.39 Å². The number of rotatable bonds is 8. The van der Waals surface area contributed by atoms with Crippen molar-refractivity contribution in [3.63, 3.8) is 0 Å². The highest BCUT2D eigenvalue weighted by atomic mass is 32.2. The molecule has 2 rings (SSSR count).